The molecule has 0 spiro atoms. The number of aliphatic hydroxyl groups excluding tert-OH is 1. The largest absolute Gasteiger partial charge is 0.396 e. The van der Waals surface area contributed by atoms with E-state index in [1.54, 1.807) is 12.3 Å². The van der Waals surface area contributed by atoms with Crippen LogP contribution in [0.1, 0.15) is 36.2 Å². The van der Waals surface area contributed by atoms with Crippen LogP contribution in [0.2, 0.25) is 0 Å². The van der Waals surface area contributed by atoms with Crippen LogP contribution in [-0.4, -0.2) is 34.1 Å². The van der Waals surface area contributed by atoms with Gasteiger partial charge in [-0.15, -0.1) is 0 Å². The first-order chi connectivity index (χ1) is 10.8. The lowest BCUT2D eigenvalue weighted by Crippen LogP contribution is -2.32. The van der Waals surface area contributed by atoms with E-state index >= 15 is 0 Å². The fourth-order valence-electron chi connectivity index (χ4n) is 3.16. The summed E-state index contributed by atoms with van der Waals surface area (Å²) in [5.41, 5.74) is 0.994. The number of nitrogens with one attached hydrogen (secondary N) is 1. The van der Waals surface area contributed by atoms with Gasteiger partial charge in [-0.1, -0.05) is 6.42 Å². The minimum Gasteiger partial charge on any atom is -0.396 e. The Balaban J connectivity index is 1.61. The lowest BCUT2D eigenvalue weighted by molar-refractivity contribution is 0.0929. The number of nitrogens with zero attached hydrogens (tertiary/aromatic N) is 2. The van der Waals surface area contributed by atoms with Crippen LogP contribution in [0.15, 0.2) is 30.5 Å². The predicted octanol–water partition coefficient (Wildman–Crippen LogP) is 2.16. The van der Waals surface area contributed by atoms with Gasteiger partial charge in [0.2, 0.25) is 0 Å². The highest BCUT2D eigenvalue weighted by Crippen LogP contribution is 2.28. The number of carbonyl (C=O) groups excluding carboxylic acids is 1. The summed E-state index contributed by atoms with van der Waals surface area (Å²) in [5.74, 6) is 0.686. The maximum atomic E-state index is 12.2. The van der Waals surface area contributed by atoms with Gasteiger partial charge >= 0.3 is 0 Å². The molecule has 1 aliphatic rings. The van der Waals surface area contributed by atoms with E-state index in [2.05, 4.69) is 15.3 Å². The monoisotopic (exact) mass is 299 g/mol. The molecular weight excluding hydrogens is 278 g/mol. The third kappa shape index (κ3) is 3.42. The van der Waals surface area contributed by atoms with Crippen molar-refractivity contribution in [1.29, 1.82) is 0 Å². The molecule has 0 saturated heterocycles. The second-order valence-corrected chi connectivity index (χ2v) is 6.04. The molecule has 1 saturated carbocycles. The first kappa shape index (κ1) is 14.9. The summed E-state index contributed by atoms with van der Waals surface area (Å²) in [7, 11) is 0. The average Bonchev–Trinajstić information content (AvgIpc) is 2.59. The van der Waals surface area contributed by atoms with Gasteiger partial charge in [0, 0.05) is 24.7 Å². The molecule has 116 valence electrons. The summed E-state index contributed by atoms with van der Waals surface area (Å²) in [6.07, 6.45) is 6.00. The zero-order chi connectivity index (χ0) is 15.4. The highest BCUT2D eigenvalue weighted by Gasteiger charge is 2.22. The van der Waals surface area contributed by atoms with Gasteiger partial charge in [0.15, 0.2) is 5.65 Å². The number of carbonyl (C=O) groups is 1. The maximum absolute atomic E-state index is 12.2. The fraction of sp³-hybridized carbons (Fsp3) is 0.471. The molecule has 1 amide bonds. The summed E-state index contributed by atoms with van der Waals surface area (Å²) < 4.78 is 0. The van der Waals surface area contributed by atoms with Crippen molar-refractivity contribution < 1.29 is 9.90 Å². The zero-order valence-corrected chi connectivity index (χ0v) is 12.5. The number of hydrogen-bond acceptors (Lipinski definition) is 4. The van der Waals surface area contributed by atoms with Crippen LogP contribution in [0.4, 0.5) is 0 Å². The topological polar surface area (TPSA) is 75.1 Å². The number of aromatic nitrogens is 2. The van der Waals surface area contributed by atoms with E-state index in [1.807, 2.05) is 18.2 Å². The van der Waals surface area contributed by atoms with Crippen molar-refractivity contribution in [1.82, 2.24) is 15.3 Å². The van der Waals surface area contributed by atoms with Crippen LogP contribution in [0, 0.1) is 11.8 Å². The van der Waals surface area contributed by atoms with Gasteiger partial charge in [-0.3, -0.25) is 4.79 Å². The Bertz CT molecular complexity index is 659. The molecular formula is C17H21N3O2. The van der Waals surface area contributed by atoms with E-state index in [0.29, 0.717) is 29.7 Å². The standard InChI is InChI=1S/C17H21N3O2/c21-11-13-4-1-3-12(9-13)10-19-17(22)15-7-6-14-5-2-8-18-16(14)20-15/h2,5-8,12-13,21H,1,3-4,9-11H2,(H,19,22)/t12-,13+/m0/s1. The third-order valence-corrected chi connectivity index (χ3v) is 4.40. The molecule has 22 heavy (non-hydrogen) atoms. The predicted molar refractivity (Wildman–Crippen MR) is 84.4 cm³/mol. The van der Waals surface area contributed by atoms with Crippen molar-refractivity contribution in [2.24, 2.45) is 11.8 Å². The van der Waals surface area contributed by atoms with Crippen molar-refractivity contribution >= 4 is 16.9 Å². The molecule has 0 aliphatic heterocycles. The molecule has 1 aliphatic carbocycles. The Kier molecular flexibility index (Phi) is 4.63. The van der Waals surface area contributed by atoms with E-state index < -0.39 is 0 Å². The van der Waals surface area contributed by atoms with Crippen LogP contribution >= 0.6 is 0 Å². The Morgan fingerprint density at radius 3 is 3.00 bits per heavy atom. The fourth-order valence-corrected chi connectivity index (χ4v) is 3.16. The Morgan fingerprint density at radius 1 is 1.27 bits per heavy atom. The minimum atomic E-state index is -0.154. The van der Waals surface area contributed by atoms with Crippen molar-refractivity contribution in [3.63, 3.8) is 0 Å². The molecule has 0 aromatic carbocycles. The van der Waals surface area contributed by atoms with Crippen molar-refractivity contribution in [2.45, 2.75) is 25.7 Å². The highest BCUT2D eigenvalue weighted by atomic mass is 16.3. The molecule has 2 atom stereocenters. The van der Waals surface area contributed by atoms with Gasteiger partial charge < -0.3 is 10.4 Å². The van der Waals surface area contributed by atoms with Gasteiger partial charge in [-0.05, 0) is 55.4 Å². The van der Waals surface area contributed by atoms with E-state index in [0.717, 1.165) is 31.1 Å². The Morgan fingerprint density at radius 2 is 2.14 bits per heavy atom. The van der Waals surface area contributed by atoms with Gasteiger partial charge in [-0.25, -0.2) is 9.97 Å². The molecule has 3 rings (SSSR count). The molecule has 5 nitrogen and oxygen atoms in total. The second kappa shape index (κ2) is 6.83. The first-order valence-corrected chi connectivity index (χ1v) is 7.87. The highest BCUT2D eigenvalue weighted by molar-refractivity contribution is 5.94. The third-order valence-electron chi connectivity index (χ3n) is 4.40. The summed E-state index contributed by atoms with van der Waals surface area (Å²) in [4.78, 5) is 20.7. The van der Waals surface area contributed by atoms with Crippen molar-refractivity contribution in [2.75, 3.05) is 13.2 Å². The Hall–Kier alpha value is -2.01. The number of amides is 1. The lowest BCUT2D eigenvalue weighted by Gasteiger charge is -2.27. The van der Waals surface area contributed by atoms with Gasteiger partial charge in [-0.2, -0.15) is 0 Å². The molecule has 2 heterocycles. The summed E-state index contributed by atoms with van der Waals surface area (Å²) >= 11 is 0. The molecule has 2 aromatic heterocycles. The van der Waals surface area contributed by atoms with E-state index in [-0.39, 0.29) is 12.5 Å². The molecule has 0 unspecified atom stereocenters. The van der Waals surface area contributed by atoms with Crippen LogP contribution < -0.4 is 5.32 Å². The minimum absolute atomic E-state index is 0.154. The quantitative estimate of drug-likeness (QED) is 0.907. The lowest BCUT2D eigenvalue weighted by atomic mass is 9.82. The van der Waals surface area contributed by atoms with Crippen LogP contribution in [-0.2, 0) is 0 Å². The van der Waals surface area contributed by atoms with Gasteiger partial charge in [0.25, 0.3) is 5.91 Å². The summed E-state index contributed by atoms with van der Waals surface area (Å²) in [6.45, 7) is 0.902. The number of rotatable bonds is 4. The van der Waals surface area contributed by atoms with Crippen LogP contribution in [0.5, 0.6) is 0 Å². The molecule has 0 radical (unpaired) electrons. The van der Waals surface area contributed by atoms with Gasteiger partial charge in [0.1, 0.15) is 5.69 Å². The SMILES string of the molecule is O=C(NC[C@H]1CCC[C@@H](CO)C1)c1ccc2cccnc2n1. The zero-order valence-electron chi connectivity index (χ0n) is 12.5. The van der Waals surface area contributed by atoms with E-state index in [4.69, 9.17) is 0 Å². The maximum Gasteiger partial charge on any atom is 0.269 e. The average molecular weight is 299 g/mol. The van der Waals surface area contributed by atoms with Crippen LogP contribution in [0.25, 0.3) is 11.0 Å². The number of aliphatic hydroxyl groups is 1. The smallest absolute Gasteiger partial charge is 0.269 e. The Labute approximate surface area is 129 Å². The normalized spacial score (nSPS) is 21.7. The van der Waals surface area contributed by atoms with Crippen molar-refractivity contribution in [3.8, 4) is 0 Å². The molecule has 5 heteroatoms. The number of hydrogen-bond donors (Lipinski definition) is 2. The second-order valence-electron chi connectivity index (χ2n) is 6.04. The molecule has 1 fully saturated rings. The molecule has 2 N–H and O–H groups in total. The number of pyridine rings is 2. The van der Waals surface area contributed by atoms with Gasteiger partial charge in [0.05, 0.1) is 0 Å². The van der Waals surface area contributed by atoms with E-state index in [9.17, 15) is 9.90 Å². The number of fused-ring (bicyclic) bond motifs is 1. The first-order valence-electron chi connectivity index (χ1n) is 7.87. The van der Waals surface area contributed by atoms with Crippen molar-refractivity contribution in [3.05, 3.63) is 36.2 Å². The van der Waals surface area contributed by atoms with E-state index in [1.165, 1.54) is 0 Å². The molecule has 0 bridgehead atoms. The molecule has 2 aromatic rings. The summed E-state index contributed by atoms with van der Waals surface area (Å²) in [6, 6.07) is 7.38. The summed E-state index contributed by atoms with van der Waals surface area (Å²) in [5, 5.41) is 13.2. The van der Waals surface area contributed by atoms with Crippen LogP contribution in [0.3, 0.4) is 0 Å².